The number of ether oxygens (including phenoxy) is 2. The average molecular weight is 305 g/mol. The zero-order chi connectivity index (χ0) is 16.1. The van der Waals surface area contributed by atoms with Crippen LogP contribution in [0.1, 0.15) is 30.1 Å². The van der Waals surface area contributed by atoms with E-state index in [4.69, 9.17) is 9.47 Å². The second-order valence-corrected chi connectivity index (χ2v) is 4.67. The van der Waals surface area contributed by atoms with Crippen LogP contribution in [0.3, 0.4) is 0 Å². The van der Waals surface area contributed by atoms with E-state index in [9.17, 15) is 19.2 Å². The molecule has 0 radical (unpaired) electrons. The predicted octanol–water partition coefficient (Wildman–Crippen LogP) is 1.25. The lowest BCUT2D eigenvalue weighted by Gasteiger charge is -2.09. The first kappa shape index (κ1) is 15.7. The number of carbonyl (C=O) groups excluding carboxylic acids is 4. The molecule has 1 saturated carbocycles. The van der Waals surface area contributed by atoms with Gasteiger partial charge in [0.1, 0.15) is 5.75 Å². The highest BCUT2D eigenvalue weighted by molar-refractivity contribution is 6.12. The molecule has 22 heavy (non-hydrogen) atoms. The molecule has 2 rings (SSSR count). The van der Waals surface area contributed by atoms with E-state index in [1.165, 1.54) is 24.3 Å². The highest BCUT2D eigenvalue weighted by Crippen LogP contribution is 2.17. The van der Waals surface area contributed by atoms with Crippen LogP contribution in [0.5, 0.6) is 5.75 Å². The number of carbonyl (C=O) groups is 4. The molecule has 1 N–H and O–H groups in total. The second kappa shape index (κ2) is 6.84. The Morgan fingerprint density at radius 3 is 2.27 bits per heavy atom. The van der Waals surface area contributed by atoms with Gasteiger partial charge < -0.3 is 14.8 Å². The maximum Gasteiger partial charge on any atom is 0.515 e. The molecule has 0 unspecified atom stereocenters. The number of rotatable bonds is 4. The molecule has 7 heteroatoms. The SMILES string of the molecule is CCNC(=O)c1ccc(OC(=O)OC2C(=O)CCC2=O)cc1. The van der Waals surface area contributed by atoms with E-state index in [0.29, 0.717) is 12.1 Å². The zero-order valence-corrected chi connectivity index (χ0v) is 12.0. The molecule has 0 spiro atoms. The van der Waals surface area contributed by atoms with Gasteiger partial charge in [-0.05, 0) is 31.2 Å². The maximum absolute atomic E-state index is 11.6. The largest absolute Gasteiger partial charge is 0.515 e. The van der Waals surface area contributed by atoms with E-state index in [0.717, 1.165) is 0 Å². The fraction of sp³-hybridized carbons (Fsp3) is 0.333. The third kappa shape index (κ3) is 3.69. The summed E-state index contributed by atoms with van der Waals surface area (Å²) in [7, 11) is 0. The lowest BCUT2D eigenvalue weighted by molar-refractivity contribution is -0.133. The smallest absolute Gasteiger partial charge is 0.415 e. The zero-order valence-electron chi connectivity index (χ0n) is 12.0. The van der Waals surface area contributed by atoms with Gasteiger partial charge >= 0.3 is 6.16 Å². The topological polar surface area (TPSA) is 98.8 Å². The highest BCUT2D eigenvalue weighted by atomic mass is 16.7. The minimum atomic E-state index is -1.36. The molecule has 1 aromatic rings. The van der Waals surface area contributed by atoms with Crippen LogP contribution in [-0.4, -0.2) is 36.3 Å². The van der Waals surface area contributed by atoms with Gasteiger partial charge in [0, 0.05) is 24.9 Å². The molecule has 0 atom stereocenters. The molecule has 1 aliphatic carbocycles. The van der Waals surface area contributed by atoms with Crippen molar-refractivity contribution in [2.45, 2.75) is 25.9 Å². The van der Waals surface area contributed by atoms with Crippen molar-refractivity contribution in [3.8, 4) is 5.75 Å². The van der Waals surface area contributed by atoms with Gasteiger partial charge in [-0.15, -0.1) is 0 Å². The van der Waals surface area contributed by atoms with Gasteiger partial charge in [0.25, 0.3) is 5.91 Å². The van der Waals surface area contributed by atoms with Gasteiger partial charge in [-0.1, -0.05) is 0 Å². The number of nitrogens with one attached hydrogen (secondary N) is 1. The molecule has 0 aliphatic heterocycles. The van der Waals surface area contributed by atoms with Gasteiger partial charge in [-0.3, -0.25) is 14.4 Å². The van der Waals surface area contributed by atoms with Crippen LogP contribution >= 0.6 is 0 Å². The molecule has 1 amide bonds. The van der Waals surface area contributed by atoms with E-state index in [1.807, 2.05) is 0 Å². The van der Waals surface area contributed by atoms with Crippen molar-refractivity contribution >= 4 is 23.6 Å². The van der Waals surface area contributed by atoms with E-state index in [-0.39, 0.29) is 24.5 Å². The van der Waals surface area contributed by atoms with Crippen LogP contribution in [-0.2, 0) is 14.3 Å². The van der Waals surface area contributed by atoms with Gasteiger partial charge in [-0.25, -0.2) is 4.79 Å². The van der Waals surface area contributed by atoms with Crippen LogP contribution in [0, 0.1) is 0 Å². The molecule has 0 saturated heterocycles. The number of Topliss-reactive ketones (excluding diaryl/α,β-unsaturated/α-hetero) is 2. The molecule has 1 fully saturated rings. The first-order chi connectivity index (χ1) is 10.5. The van der Waals surface area contributed by atoms with Crippen molar-refractivity contribution in [3.05, 3.63) is 29.8 Å². The number of benzene rings is 1. The number of hydrogen-bond donors (Lipinski definition) is 1. The molecule has 0 aromatic heterocycles. The maximum atomic E-state index is 11.6. The Labute approximate surface area is 126 Å². The summed E-state index contributed by atoms with van der Waals surface area (Å²) < 4.78 is 9.59. The Morgan fingerprint density at radius 2 is 1.73 bits per heavy atom. The second-order valence-electron chi connectivity index (χ2n) is 4.67. The monoisotopic (exact) mass is 305 g/mol. The Bertz CT molecular complexity index is 591. The third-order valence-electron chi connectivity index (χ3n) is 3.07. The van der Waals surface area contributed by atoms with Crippen LogP contribution < -0.4 is 10.1 Å². The lowest BCUT2D eigenvalue weighted by Crippen LogP contribution is -2.29. The number of ketones is 2. The third-order valence-corrected chi connectivity index (χ3v) is 3.07. The van der Waals surface area contributed by atoms with Crippen molar-refractivity contribution in [2.75, 3.05) is 6.54 Å². The summed E-state index contributed by atoms with van der Waals surface area (Å²) in [6, 6.07) is 5.81. The van der Waals surface area contributed by atoms with Crippen LogP contribution in [0.4, 0.5) is 4.79 Å². The van der Waals surface area contributed by atoms with E-state index in [1.54, 1.807) is 6.92 Å². The van der Waals surface area contributed by atoms with Gasteiger partial charge in [-0.2, -0.15) is 0 Å². The predicted molar refractivity (Wildman–Crippen MR) is 74.6 cm³/mol. The first-order valence-corrected chi connectivity index (χ1v) is 6.83. The lowest BCUT2D eigenvalue weighted by atomic mass is 10.2. The summed E-state index contributed by atoms with van der Waals surface area (Å²) in [6.07, 6.45) is -2.32. The Balaban J connectivity index is 1.93. The minimum absolute atomic E-state index is 0.0814. The summed E-state index contributed by atoms with van der Waals surface area (Å²) in [5.41, 5.74) is 0.420. The van der Waals surface area contributed by atoms with Crippen LogP contribution in [0.25, 0.3) is 0 Å². The van der Waals surface area contributed by atoms with Crippen molar-refractivity contribution in [2.24, 2.45) is 0 Å². The molecule has 116 valence electrons. The Morgan fingerprint density at radius 1 is 1.14 bits per heavy atom. The molecule has 7 nitrogen and oxygen atoms in total. The van der Waals surface area contributed by atoms with E-state index >= 15 is 0 Å². The van der Waals surface area contributed by atoms with Crippen molar-refractivity contribution in [3.63, 3.8) is 0 Å². The summed E-state index contributed by atoms with van der Waals surface area (Å²) in [5, 5.41) is 2.63. The minimum Gasteiger partial charge on any atom is -0.415 e. The van der Waals surface area contributed by atoms with Crippen molar-refractivity contribution in [1.82, 2.24) is 5.32 Å². The van der Waals surface area contributed by atoms with Gasteiger partial charge in [0.2, 0.25) is 6.10 Å². The molecular weight excluding hydrogens is 290 g/mol. The number of amides is 1. The Hall–Kier alpha value is -2.70. The molecule has 1 aliphatic rings. The normalized spacial score (nSPS) is 14.8. The molecule has 0 heterocycles. The Kier molecular flexibility index (Phi) is 4.88. The van der Waals surface area contributed by atoms with Gasteiger partial charge in [0.15, 0.2) is 11.6 Å². The van der Waals surface area contributed by atoms with Crippen molar-refractivity contribution < 1.29 is 28.7 Å². The standard InChI is InChI=1S/C15H15NO6/c1-2-16-14(19)9-3-5-10(6-4-9)21-15(20)22-13-11(17)7-8-12(13)18/h3-6,13H,2,7-8H2,1H3,(H,16,19). The van der Waals surface area contributed by atoms with E-state index in [2.05, 4.69) is 5.32 Å². The quantitative estimate of drug-likeness (QED) is 0.510. The number of hydrogen-bond acceptors (Lipinski definition) is 6. The fourth-order valence-electron chi connectivity index (χ4n) is 1.97. The molecular formula is C15H15NO6. The van der Waals surface area contributed by atoms with Gasteiger partial charge in [0.05, 0.1) is 0 Å². The van der Waals surface area contributed by atoms with Crippen LogP contribution in [0.15, 0.2) is 24.3 Å². The van der Waals surface area contributed by atoms with Crippen LogP contribution in [0.2, 0.25) is 0 Å². The summed E-state index contributed by atoms with van der Waals surface area (Å²) >= 11 is 0. The summed E-state index contributed by atoms with van der Waals surface area (Å²) in [4.78, 5) is 45.8. The average Bonchev–Trinajstić information content (AvgIpc) is 2.80. The highest BCUT2D eigenvalue weighted by Gasteiger charge is 2.36. The fourth-order valence-corrected chi connectivity index (χ4v) is 1.97. The first-order valence-electron chi connectivity index (χ1n) is 6.83. The molecule has 0 bridgehead atoms. The van der Waals surface area contributed by atoms with Crippen molar-refractivity contribution in [1.29, 1.82) is 0 Å². The molecule has 1 aromatic carbocycles. The van der Waals surface area contributed by atoms with E-state index < -0.39 is 23.8 Å². The summed E-state index contributed by atoms with van der Waals surface area (Å²) in [6.45, 7) is 2.31. The summed E-state index contributed by atoms with van der Waals surface area (Å²) in [5.74, 6) is -0.934.